The molecule has 0 unspecified atom stereocenters. The maximum atomic E-state index is 13.8. The molecule has 2 aromatic carbocycles. The normalized spacial score (nSPS) is 20.6. The van der Waals surface area contributed by atoms with Gasteiger partial charge in [0.05, 0.1) is 36.9 Å². The molecule has 0 aliphatic carbocycles. The van der Waals surface area contributed by atoms with Gasteiger partial charge in [0.1, 0.15) is 5.60 Å². The molecule has 12 heteroatoms. The van der Waals surface area contributed by atoms with Crippen molar-refractivity contribution in [3.05, 3.63) is 82.6 Å². The van der Waals surface area contributed by atoms with Gasteiger partial charge < -0.3 is 24.2 Å². The molecule has 254 valence electrons. The number of nitrogens with zero attached hydrogens (tertiary/aromatic N) is 5. The van der Waals surface area contributed by atoms with E-state index in [1.165, 1.54) is 0 Å². The molecule has 2 fully saturated rings. The summed E-state index contributed by atoms with van der Waals surface area (Å²) in [5, 5.41) is 0.00601. The highest BCUT2D eigenvalue weighted by atomic mass is 35.5. The van der Waals surface area contributed by atoms with E-state index in [1.807, 2.05) is 67.8 Å². The molecule has 2 saturated heterocycles. The van der Waals surface area contributed by atoms with Crippen molar-refractivity contribution in [1.82, 2.24) is 14.9 Å². The molecule has 8 nitrogen and oxygen atoms in total. The molecule has 1 amide bonds. The number of amides is 1. The van der Waals surface area contributed by atoms with Gasteiger partial charge in [-0.25, -0.2) is 14.8 Å². The van der Waals surface area contributed by atoms with E-state index in [1.54, 1.807) is 18.5 Å². The predicted octanol–water partition coefficient (Wildman–Crippen LogP) is 7.78. The number of hydrogen-bond acceptors (Lipinski definition) is 7. The van der Waals surface area contributed by atoms with Crippen LogP contribution >= 0.6 is 11.6 Å². The summed E-state index contributed by atoms with van der Waals surface area (Å²) in [5.74, 6) is 0.402. The number of benzene rings is 2. The number of carbonyl (C=O) groups excluding carboxylic acids is 1. The number of anilines is 2. The summed E-state index contributed by atoms with van der Waals surface area (Å²) < 4.78 is 52.8. The predicted molar refractivity (Wildman–Crippen MR) is 177 cm³/mol. The molecule has 0 bridgehead atoms. The molecule has 3 aromatic rings. The molecular weight excluding hydrogens is 631 g/mol. The first kappa shape index (κ1) is 34.8. The van der Waals surface area contributed by atoms with Crippen molar-refractivity contribution < 1.29 is 27.4 Å². The zero-order chi connectivity index (χ0) is 33.8. The Morgan fingerprint density at radius 3 is 2.28 bits per heavy atom. The van der Waals surface area contributed by atoms with E-state index in [4.69, 9.17) is 31.0 Å². The van der Waals surface area contributed by atoms with Gasteiger partial charge >= 0.3 is 12.3 Å². The molecule has 2 aliphatic heterocycles. The van der Waals surface area contributed by atoms with Gasteiger partial charge in [-0.15, -0.1) is 0 Å². The summed E-state index contributed by atoms with van der Waals surface area (Å²) in [4.78, 5) is 29.2. The fourth-order valence-corrected chi connectivity index (χ4v) is 6.72. The number of hydrogen-bond donors (Lipinski definition) is 0. The van der Waals surface area contributed by atoms with E-state index < -0.39 is 17.3 Å². The molecule has 0 spiro atoms. The molecule has 47 heavy (non-hydrogen) atoms. The monoisotopic (exact) mass is 673 g/mol. The number of carbonyl (C=O) groups is 1. The van der Waals surface area contributed by atoms with Crippen LogP contribution in [-0.4, -0.2) is 71.0 Å². The van der Waals surface area contributed by atoms with E-state index in [9.17, 15) is 18.0 Å². The smallest absolute Gasteiger partial charge is 0.416 e. The van der Waals surface area contributed by atoms with Crippen LogP contribution in [0.4, 0.5) is 29.6 Å². The van der Waals surface area contributed by atoms with Crippen LogP contribution in [-0.2, 0) is 28.6 Å². The molecule has 3 heterocycles. The van der Waals surface area contributed by atoms with Gasteiger partial charge in [0.25, 0.3) is 0 Å². The summed E-state index contributed by atoms with van der Waals surface area (Å²) in [6, 6.07) is 13.0. The Kier molecular flexibility index (Phi) is 10.9. The van der Waals surface area contributed by atoms with Crippen LogP contribution in [0.5, 0.6) is 0 Å². The van der Waals surface area contributed by atoms with Crippen molar-refractivity contribution in [3.63, 3.8) is 0 Å². The minimum Gasteiger partial charge on any atom is -0.444 e. The largest absolute Gasteiger partial charge is 0.444 e. The van der Waals surface area contributed by atoms with Gasteiger partial charge in [-0.1, -0.05) is 48.9 Å². The second-order valence-electron chi connectivity index (χ2n) is 13.2. The average Bonchev–Trinajstić information content (AvgIpc) is 3.03. The maximum Gasteiger partial charge on any atom is 0.416 e. The van der Waals surface area contributed by atoms with Gasteiger partial charge in [0.2, 0.25) is 5.95 Å². The third-order valence-corrected chi connectivity index (χ3v) is 8.82. The standard InChI is InChI=1S/C35H43ClF3N5O3/c1-5-28-19-29(20-30(17-24-9-7-6-8-10-24)44(28)33(45)47-34(2,3)4)43(23-25-15-26(35(37,38)39)18-27(36)16-25)32-40-21-31(22-41-32)42-11-13-46-14-12-42/h6-10,15-16,18,21-22,28-30H,5,11-14,17,19-20,23H2,1-4H3/t28-,29+,30+/m1/s1. The van der Waals surface area contributed by atoms with Crippen LogP contribution < -0.4 is 9.80 Å². The Balaban J connectivity index is 1.53. The molecule has 5 rings (SSSR count). The van der Waals surface area contributed by atoms with Gasteiger partial charge in [-0.05, 0) is 75.8 Å². The Morgan fingerprint density at radius 2 is 1.66 bits per heavy atom. The number of halogens is 4. The quantitative estimate of drug-likeness (QED) is 0.242. The Morgan fingerprint density at radius 1 is 1.00 bits per heavy atom. The molecule has 0 radical (unpaired) electrons. The first-order chi connectivity index (χ1) is 22.3. The Bertz CT molecular complexity index is 1480. The minimum atomic E-state index is -4.55. The maximum absolute atomic E-state index is 13.8. The van der Waals surface area contributed by atoms with Crippen molar-refractivity contribution in [3.8, 4) is 0 Å². The fraction of sp³-hybridized carbons (Fsp3) is 0.514. The lowest BCUT2D eigenvalue weighted by Crippen LogP contribution is -2.58. The summed E-state index contributed by atoms with van der Waals surface area (Å²) >= 11 is 6.22. The van der Waals surface area contributed by atoms with Crippen LogP contribution in [0.1, 0.15) is 63.6 Å². The van der Waals surface area contributed by atoms with Crippen LogP contribution in [0.2, 0.25) is 5.02 Å². The molecule has 2 aliphatic rings. The Hall–Kier alpha value is -3.57. The second-order valence-corrected chi connectivity index (χ2v) is 13.7. The first-order valence-corrected chi connectivity index (χ1v) is 16.5. The van der Waals surface area contributed by atoms with E-state index in [2.05, 4.69) is 4.90 Å². The zero-order valence-corrected chi connectivity index (χ0v) is 28.1. The highest BCUT2D eigenvalue weighted by Crippen LogP contribution is 2.36. The number of likely N-dealkylation sites (tertiary alicyclic amines) is 1. The lowest BCUT2D eigenvalue weighted by molar-refractivity contribution is -0.137. The lowest BCUT2D eigenvalue weighted by atomic mass is 9.86. The third kappa shape index (κ3) is 9.07. The summed E-state index contributed by atoms with van der Waals surface area (Å²) in [6.07, 6.45) is 0.949. The summed E-state index contributed by atoms with van der Waals surface area (Å²) in [7, 11) is 0. The SMILES string of the molecule is CC[C@@H]1C[C@H](N(Cc2cc(Cl)cc(C(F)(F)F)c2)c2ncc(N3CCOCC3)cn2)C[C@H](Cc2ccccc2)N1C(=O)OC(C)(C)C. The zero-order valence-electron chi connectivity index (χ0n) is 27.3. The number of rotatable bonds is 8. The third-order valence-electron chi connectivity index (χ3n) is 8.60. The number of aromatic nitrogens is 2. The number of morpholine rings is 1. The fourth-order valence-electron chi connectivity index (χ4n) is 6.46. The van der Waals surface area contributed by atoms with Crippen molar-refractivity contribution in [2.24, 2.45) is 0 Å². The van der Waals surface area contributed by atoms with Crippen molar-refractivity contribution in [1.29, 1.82) is 0 Å². The van der Waals surface area contributed by atoms with E-state index in [0.29, 0.717) is 50.4 Å². The van der Waals surface area contributed by atoms with Crippen molar-refractivity contribution >= 4 is 29.3 Å². The van der Waals surface area contributed by atoms with Crippen LogP contribution in [0.25, 0.3) is 0 Å². The van der Waals surface area contributed by atoms with E-state index >= 15 is 0 Å². The van der Waals surface area contributed by atoms with Gasteiger partial charge in [-0.3, -0.25) is 0 Å². The number of alkyl halides is 3. The summed E-state index contributed by atoms with van der Waals surface area (Å²) in [5.41, 5.74) is 0.842. The second kappa shape index (κ2) is 14.7. The molecule has 3 atom stereocenters. The highest BCUT2D eigenvalue weighted by Gasteiger charge is 2.42. The van der Waals surface area contributed by atoms with Crippen LogP contribution in [0.3, 0.4) is 0 Å². The van der Waals surface area contributed by atoms with Gasteiger partial charge in [-0.2, -0.15) is 13.2 Å². The number of ether oxygens (including phenoxy) is 2. The summed E-state index contributed by atoms with van der Waals surface area (Å²) in [6.45, 7) is 10.4. The molecule has 0 N–H and O–H groups in total. The molecular formula is C35H43ClF3N5O3. The van der Waals surface area contributed by atoms with E-state index in [-0.39, 0.29) is 35.8 Å². The van der Waals surface area contributed by atoms with Crippen LogP contribution in [0, 0.1) is 0 Å². The van der Waals surface area contributed by atoms with Crippen molar-refractivity contribution in [2.75, 3.05) is 36.1 Å². The lowest BCUT2D eigenvalue weighted by Gasteiger charge is -2.48. The highest BCUT2D eigenvalue weighted by molar-refractivity contribution is 6.30. The van der Waals surface area contributed by atoms with Crippen molar-refractivity contribution in [2.45, 2.75) is 89.8 Å². The van der Waals surface area contributed by atoms with Crippen LogP contribution in [0.15, 0.2) is 60.9 Å². The minimum absolute atomic E-state index is 0.00601. The van der Waals surface area contributed by atoms with Gasteiger partial charge in [0, 0.05) is 42.8 Å². The van der Waals surface area contributed by atoms with E-state index in [0.717, 1.165) is 36.5 Å². The molecule has 1 aromatic heterocycles. The first-order valence-electron chi connectivity index (χ1n) is 16.1. The molecule has 0 saturated carbocycles. The topological polar surface area (TPSA) is 71.0 Å². The number of piperidine rings is 1. The average molecular weight is 674 g/mol. The van der Waals surface area contributed by atoms with Gasteiger partial charge in [0.15, 0.2) is 0 Å². The Labute approximate surface area is 279 Å².